The van der Waals surface area contributed by atoms with Gasteiger partial charge in [-0.25, -0.2) is 0 Å². The van der Waals surface area contributed by atoms with Gasteiger partial charge in [-0.15, -0.1) is 0 Å². The van der Waals surface area contributed by atoms with Gasteiger partial charge in [0, 0.05) is 36.2 Å². The summed E-state index contributed by atoms with van der Waals surface area (Å²) in [5.41, 5.74) is 8.20. The number of fused-ring (bicyclic) bond motifs is 10. The number of para-hydroxylation sites is 2. The fourth-order valence-electron chi connectivity index (χ4n) is 6.93. The van der Waals surface area contributed by atoms with Crippen molar-refractivity contribution in [3.63, 3.8) is 0 Å². The third-order valence-electron chi connectivity index (χ3n) is 8.38. The van der Waals surface area contributed by atoms with Crippen LogP contribution in [0, 0.1) is 0 Å². The molecule has 0 N–H and O–H groups in total. The van der Waals surface area contributed by atoms with E-state index in [9.17, 15) is 4.79 Å². The Bertz CT molecular complexity index is 1680. The maximum Gasteiger partial charge on any atom is 0.254 e. The fraction of sp³-hybridized carbons (Fsp3) is 0.0606. The molecule has 3 aliphatic heterocycles. The number of hydrogen-bond donors (Lipinski definition) is 0. The number of hydrogen-bond acceptors (Lipinski definition) is 2. The number of carbonyl (C=O) groups excluding carboxylic acids is 1. The number of anilines is 3. The molecule has 1 amide bonds. The van der Waals surface area contributed by atoms with Crippen LogP contribution in [0.15, 0.2) is 115 Å². The van der Waals surface area contributed by atoms with Gasteiger partial charge in [-0.1, -0.05) is 84.9 Å². The van der Waals surface area contributed by atoms with Crippen LogP contribution in [0.2, 0.25) is 0 Å². The van der Waals surface area contributed by atoms with E-state index in [0.29, 0.717) is 6.54 Å². The Morgan fingerprint density at radius 3 is 1.70 bits per heavy atom. The fourth-order valence-corrected chi connectivity index (χ4v) is 12.5. The van der Waals surface area contributed by atoms with Gasteiger partial charge >= 0.3 is 0 Å². The van der Waals surface area contributed by atoms with Gasteiger partial charge in [-0.2, -0.15) is 0 Å². The van der Waals surface area contributed by atoms with E-state index < -0.39 is 8.07 Å². The Hall–Kier alpha value is -4.41. The average molecular weight is 493 g/mol. The molecule has 3 heterocycles. The van der Waals surface area contributed by atoms with Crippen LogP contribution in [0.4, 0.5) is 17.1 Å². The summed E-state index contributed by atoms with van der Waals surface area (Å²) in [4.78, 5) is 16.8. The van der Waals surface area contributed by atoms with Gasteiger partial charge in [0.05, 0.1) is 0 Å². The minimum atomic E-state index is -2.52. The highest BCUT2D eigenvalue weighted by molar-refractivity contribution is 7.23. The van der Waals surface area contributed by atoms with Crippen molar-refractivity contribution in [1.29, 1.82) is 0 Å². The largest absolute Gasteiger partial charge is 0.337 e. The van der Waals surface area contributed by atoms with Gasteiger partial charge in [0.2, 0.25) is 0 Å². The normalized spacial score (nSPS) is 15.8. The Kier molecular flexibility index (Phi) is 4.10. The number of rotatable bonds is 1. The zero-order valence-corrected chi connectivity index (χ0v) is 21.5. The molecule has 0 aromatic heterocycles. The first-order valence-electron chi connectivity index (χ1n) is 12.8. The van der Waals surface area contributed by atoms with E-state index in [4.69, 9.17) is 0 Å². The molecule has 176 valence electrons. The van der Waals surface area contributed by atoms with Crippen LogP contribution in [0.25, 0.3) is 11.1 Å². The maximum atomic E-state index is 12.6. The van der Waals surface area contributed by atoms with Crippen molar-refractivity contribution < 1.29 is 4.79 Å². The third kappa shape index (κ3) is 2.53. The highest BCUT2D eigenvalue weighted by atomic mass is 28.3. The molecule has 8 rings (SSSR count). The predicted molar refractivity (Wildman–Crippen MR) is 153 cm³/mol. The topological polar surface area (TPSA) is 23.6 Å². The maximum absolute atomic E-state index is 12.6. The predicted octanol–water partition coefficient (Wildman–Crippen LogP) is 4.41. The first kappa shape index (κ1) is 20.7. The summed E-state index contributed by atoms with van der Waals surface area (Å²) >= 11 is 0. The minimum absolute atomic E-state index is 0.103. The van der Waals surface area contributed by atoms with Crippen molar-refractivity contribution in [2.45, 2.75) is 6.54 Å². The van der Waals surface area contributed by atoms with E-state index in [1.54, 1.807) is 4.90 Å². The lowest BCUT2D eigenvalue weighted by molar-refractivity contribution is 0.0816. The molecule has 1 spiro atoms. The summed E-state index contributed by atoms with van der Waals surface area (Å²) < 4.78 is 0. The van der Waals surface area contributed by atoms with Gasteiger partial charge in [0.15, 0.2) is 8.07 Å². The molecule has 3 aliphatic rings. The zero-order valence-electron chi connectivity index (χ0n) is 20.5. The average Bonchev–Trinajstić information content (AvgIpc) is 3.40. The van der Waals surface area contributed by atoms with Gasteiger partial charge in [0.25, 0.3) is 5.91 Å². The van der Waals surface area contributed by atoms with Crippen LogP contribution in [0.5, 0.6) is 0 Å². The second kappa shape index (κ2) is 7.31. The second-order valence-electron chi connectivity index (χ2n) is 10.2. The van der Waals surface area contributed by atoms with Crippen LogP contribution in [-0.2, 0) is 6.54 Å². The smallest absolute Gasteiger partial charge is 0.254 e. The molecule has 37 heavy (non-hydrogen) atoms. The van der Waals surface area contributed by atoms with E-state index >= 15 is 0 Å². The molecule has 0 atom stereocenters. The Labute approximate surface area is 217 Å². The van der Waals surface area contributed by atoms with Crippen LogP contribution in [0.3, 0.4) is 0 Å². The number of amides is 1. The lowest BCUT2D eigenvalue weighted by atomic mass is 10.1. The molecule has 0 saturated carbocycles. The molecule has 3 nitrogen and oxygen atoms in total. The highest BCUT2D eigenvalue weighted by Gasteiger charge is 2.53. The van der Waals surface area contributed by atoms with Gasteiger partial charge in [-0.05, 0) is 67.8 Å². The van der Waals surface area contributed by atoms with Crippen LogP contribution in [0.1, 0.15) is 15.9 Å². The van der Waals surface area contributed by atoms with Gasteiger partial charge in [0.1, 0.15) is 0 Å². The van der Waals surface area contributed by atoms with Crippen molar-refractivity contribution in [3.05, 3.63) is 126 Å². The zero-order chi connectivity index (χ0) is 24.7. The molecule has 4 heteroatoms. The lowest BCUT2D eigenvalue weighted by Crippen LogP contribution is -2.75. The molecule has 0 bridgehead atoms. The SMILES string of the molecule is CN1Cc2cc(N3c4ccccc4[Si]4(c5ccccc5-c5ccccc54)c4ccccc43)ccc2C1=O. The van der Waals surface area contributed by atoms with Crippen molar-refractivity contribution in [2.75, 3.05) is 11.9 Å². The van der Waals surface area contributed by atoms with Crippen molar-refractivity contribution in [2.24, 2.45) is 0 Å². The summed E-state index contributed by atoms with van der Waals surface area (Å²) in [5.74, 6) is 0.103. The molecule has 0 fully saturated rings. The van der Waals surface area contributed by atoms with Crippen molar-refractivity contribution in [3.8, 4) is 11.1 Å². The molecular formula is C33H24N2OSi. The van der Waals surface area contributed by atoms with E-state index in [2.05, 4.69) is 114 Å². The van der Waals surface area contributed by atoms with Crippen molar-refractivity contribution >= 4 is 51.8 Å². The molecule has 0 unspecified atom stereocenters. The van der Waals surface area contributed by atoms with Crippen LogP contribution < -0.4 is 25.6 Å². The number of benzene rings is 5. The molecule has 0 aliphatic carbocycles. The summed E-state index contributed by atoms with van der Waals surface area (Å²) in [5, 5.41) is 5.77. The first-order chi connectivity index (χ1) is 18.2. The molecule has 0 saturated heterocycles. The van der Waals surface area contributed by atoms with E-state index in [-0.39, 0.29) is 5.91 Å². The first-order valence-corrected chi connectivity index (χ1v) is 14.8. The molecule has 5 aromatic rings. The standard InChI is InChI=1S/C33H24N2OSi/c1-34-21-22-20-23(18-19-24(22)33(34)36)35-27-12-4-8-16-31(27)37(32-17-9-5-13-28(32)35)29-14-6-2-10-25(29)26-11-3-7-15-30(26)37/h2-20H,21H2,1H3. The monoisotopic (exact) mass is 492 g/mol. The number of carbonyl (C=O) groups is 1. The van der Waals surface area contributed by atoms with Crippen LogP contribution in [-0.4, -0.2) is 25.9 Å². The molecule has 0 radical (unpaired) electrons. The van der Waals surface area contributed by atoms with E-state index in [1.807, 2.05) is 13.1 Å². The Morgan fingerprint density at radius 2 is 1.11 bits per heavy atom. The Morgan fingerprint density at radius 1 is 0.595 bits per heavy atom. The second-order valence-corrected chi connectivity index (χ2v) is 13.9. The van der Waals surface area contributed by atoms with E-state index in [1.165, 1.54) is 43.2 Å². The van der Waals surface area contributed by atoms with Crippen molar-refractivity contribution in [1.82, 2.24) is 4.90 Å². The number of nitrogens with zero attached hydrogens (tertiary/aromatic N) is 2. The minimum Gasteiger partial charge on any atom is -0.337 e. The van der Waals surface area contributed by atoms with Gasteiger partial charge in [-0.3, -0.25) is 4.79 Å². The van der Waals surface area contributed by atoms with Crippen LogP contribution >= 0.6 is 0 Å². The summed E-state index contributed by atoms with van der Waals surface area (Å²) in [6, 6.07) is 42.3. The summed E-state index contributed by atoms with van der Waals surface area (Å²) in [7, 11) is -0.650. The molecule has 5 aromatic carbocycles. The highest BCUT2D eigenvalue weighted by Crippen LogP contribution is 2.42. The Balaban J connectivity index is 1.46. The summed E-state index contributed by atoms with van der Waals surface area (Å²) in [6.45, 7) is 0.651. The van der Waals surface area contributed by atoms with E-state index in [0.717, 1.165) is 16.8 Å². The summed E-state index contributed by atoms with van der Waals surface area (Å²) in [6.07, 6.45) is 0. The molecular weight excluding hydrogens is 468 g/mol. The third-order valence-corrected chi connectivity index (χ3v) is 13.3. The lowest BCUT2D eigenvalue weighted by Gasteiger charge is -2.43. The van der Waals surface area contributed by atoms with Gasteiger partial charge < -0.3 is 9.80 Å². The quantitative estimate of drug-likeness (QED) is 0.317.